The van der Waals surface area contributed by atoms with Gasteiger partial charge < -0.3 is 11.1 Å². The first-order valence-electron chi connectivity index (χ1n) is 6.69. The van der Waals surface area contributed by atoms with E-state index in [1.807, 2.05) is 0 Å². The minimum atomic E-state index is -0.613. The van der Waals surface area contributed by atoms with Crippen molar-refractivity contribution in [2.45, 2.75) is 51.0 Å². The highest BCUT2D eigenvalue weighted by molar-refractivity contribution is 7.15. The van der Waals surface area contributed by atoms with Crippen molar-refractivity contribution in [1.29, 1.82) is 0 Å². The Morgan fingerprint density at radius 1 is 1.61 bits per heavy atom. The molecule has 5 heteroatoms. The van der Waals surface area contributed by atoms with E-state index in [-0.39, 0.29) is 5.91 Å². The number of hydrogen-bond acceptors (Lipinski definition) is 4. The highest BCUT2D eigenvalue weighted by atomic mass is 32.1. The number of nitrogens with one attached hydrogen (secondary N) is 1. The van der Waals surface area contributed by atoms with Gasteiger partial charge >= 0.3 is 0 Å². The van der Waals surface area contributed by atoms with E-state index in [1.165, 1.54) is 23.4 Å². The molecular weight excluding hydrogens is 246 g/mol. The van der Waals surface area contributed by atoms with Crippen LogP contribution in [0, 0.1) is 5.92 Å². The van der Waals surface area contributed by atoms with Gasteiger partial charge in [-0.1, -0.05) is 13.3 Å². The lowest BCUT2D eigenvalue weighted by Crippen LogP contribution is -2.37. The van der Waals surface area contributed by atoms with Gasteiger partial charge in [-0.3, -0.25) is 4.79 Å². The molecular formula is C13H19N3OS. The summed E-state index contributed by atoms with van der Waals surface area (Å²) in [4.78, 5) is 17.7. The lowest BCUT2D eigenvalue weighted by atomic mass is 9.89. The lowest BCUT2D eigenvalue weighted by Gasteiger charge is -2.18. The molecule has 0 radical (unpaired) electrons. The van der Waals surface area contributed by atoms with Gasteiger partial charge in [0.1, 0.15) is 0 Å². The van der Waals surface area contributed by atoms with Crippen molar-refractivity contribution < 1.29 is 4.79 Å². The van der Waals surface area contributed by atoms with Crippen LogP contribution in [0.4, 0.5) is 5.13 Å². The summed E-state index contributed by atoms with van der Waals surface area (Å²) in [5.41, 5.74) is 6.44. The summed E-state index contributed by atoms with van der Waals surface area (Å²) in [6.07, 6.45) is 6.21. The average Bonchev–Trinajstić information content (AvgIpc) is 2.99. The standard InChI is InChI=1S/C13H19N3OS/c1-2-8-3-4-9-10(7-8)18-12(15-9)16-11(17)13(14)5-6-13/h8H,2-7,14H2,1H3,(H,15,16,17). The number of rotatable bonds is 3. The van der Waals surface area contributed by atoms with Crippen molar-refractivity contribution in [1.82, 2.24) is 4.98 Å². The third kappa shape index (κ3) is 2.17. The molecule has 1 aromatic heterocycles. The zero-order valence-electron chi connectivity index (χ0n) is 10.7. The summed E-state index contributed by atoms with van der Waals surface area (Å²) >= 11 is 1.63. The van der Waals surface area contributed by atoms with Crippen LogP contribution in [-0.2, 0) is 17.6 Å². The van der Waals surface area contributed by atoms with Crippen molar-refractivity contribution in [3.63, 3.8) is 0 Å². The molecule has 0 spiro atoms. The van der Waals surface area contributed by atoms with Crippen LogP contribution in [0.2, 0.25) is 0 Å². The second kappa shape index (κ2) is 4.31. The van der Waals surface area contributed by atoms with Crippen molar-refractivity contribution in [3.05, 3.63) is 10.6 Å². The number of aromatic nitrogens is 1. The highest BCUT2D eigenvalue weighted by Crippen LogP contribution is 2.36. The Labute approximate surface area is 111 Å². The fraction of sp³-hybridized carbons (Fsp3) is 0.692. The molecule has 1 heterocycles. The van der Waals surface area contributed by atoms with Gasteiger partial charge in [0.15, 0.2) is 5.13 Å². The number of hydrogen-bond donors (Lipinski definition) is 2. The number of carbonyl (C=O) groups excluding carboxylic acids is 1. The molecule has 1 amide bonds. The Bertz CT molecular complexity index is 479. The van der Waals surface area contributed by atoms with Crippen LogP contribution < -0.4 is 11.1 Å². The zero-order chi connectivity index (χ0) is 12.8. The molecule has 0 saturated heterocycles. The number of aryl methyl sites for hydroxylation is 1. The van der Waals surface area contributed by atoms with E-state index in [9.17, 15) is 4.79 Å². The molecule has 3 N–H and O–H groups in total. The first-order valence-corrected chi connectivity index (χ1v) is 7.51. The molecule has 1 unspecified atom stereocenters. The van der Waals surface area contributed by atoms with Gasteiger partial charge in [-0.15, -0.1) is 11.3 Å². The van der Waals surface area contributed by atoms with Gasteiger partial charge in [0.05, 0.1) is 11.2 Å². The molecule has 2 aliphatic rings. The number of nitrogens with two attached hydrogens (primary N) is 1. The van der Waals surface area contributed by atoms with Crippen LogP contribution >= 0.6 is 11.3 Å². The molecule has 1 saturated carbocycles. The fourth-order valence-electron chi connectivity index (χ4n) is 2.43. The molecule has 1 fully saturated rings. The second-order valence-corrected chi connectivity index (χ2v) is 6.60. The van der Waals surface area contributed by atoms with Crippen molar-refractivity contribution in [2.75, 3.05) is 5.32 Å². The smallest absolute Gasteiger partial charge is 0.246 e. The van der Waals surface area contributed by atoms with Crippen LogP contribution in [0.3, 0.4) is 0 Å². The van der Waals surface area contributed by atoms with Crippen molar-refractivity contribution in [3.8, 4) is 0 Å². The Hall–Kier alpha value is -0.940. The number of carbonyl (C=O) groups is 1. The van der Waals surface area contributed by atoms with E-state index in [1.54, 1.807) is 11.3 Å². The van der Waals surface area contributed by atoms with E-state index in [0.29, 0.717) is 0 Å². The number of amides is 1. The van der Waals surface area contributed by atoms with Gasteiger partial charge in [-0.25, -0.2) is 4.98 Å². The van der Waals surface area contributed by atoms with E-state index < -0.39 is 5.54 Å². The number of thiazole rings is 1. The van der Waals surface area contributed by atoms with E-state index in [4.69, 9.17) is 5.73 Å². The highest BCUT2D eigenvalue weighted by Gasteiger charge is 2.46. The molecule has 0 aromatic carbocycles. The number of fused-ring (bicyclic) bond motifs is 1. The molecule has 0 bridgehead atoms. The summed E-state index contributed by atoms with van der Waals surface area (Å²) in [5, 5.41) is 3.61. The third-order valence-corrected chi connectivity index (χ3v) is 5.12. The van der Waals surface area contributed by atoms with Crippen LogP contribution in [-0.4, -0.2) is 16.4 Å². The summed E-state index contributed by atoms with van der Waals surface area (Å²) < 4.78 is 0. The minimum Gasteiger partial charge on any atom is -0.317 e. The summed E-state index contributed by atoms with van der Waals surface area (Å²) in [7, 11) is 0. The van der Waals surface area contributed by atoms with Crippen LogP contribution in [0.25, 0.3) is 0 Å². The molecule has 18 heavy (non-hydrogen) atoms. The first-order chi connectivity index (χ1) is 8.60. The topological polar surface area (TPSA) is 68.0 Å². The molecule has 2 aliphatic carbocycles. The summed E-state index contributed by atoms with van der Waals surface area (Å²) in [6.45, 7) is 2.24. The van der Waals surface area contributed by atoms with Gasteiger partial charge in [-0.2, -0.15) is 0 Å². The van der Waals surface area contributed by atoms with E-state index in [0.717, 1.165) is 36.7 Å². The fourth-order valence-corrected chi connectivity index (χ4v) is 3.55. The Morgan fingerprint density at radius 2 is 2.39 bits per heavy atom. The normalized spacial score (nSPS) is 24.4. The maximum absolute atomic E-state index is 11.9. The molecule has 3 rings (SSSR count). The Kier molecular flexibility index (Phi) is 2.90. The van der Waals surface area contributed by atoms with Crippen LogP contribution in [0.1, 0.15) is 43.2 Å². The average molecular weight is 265 g/mol. The van der Waals surface area contributed by atoms with Crippen LogP contribution in [0.5, 0.6) is 0 Å². The summed E-state index contributed by atoms with van der Waals surface area (Å²) in [5.74, 6) is 0.714. The maximum atomic E-state index is 11.9. The molecule has 98 valence electrons. The summed E-state index contributed by atoms with van der Waals surface area (Å²) in [6, 6.07) is 0. The molecule has 4 nitrogen and oxygen atoms in total. The third-order valence-electron chi connectivity index (χ3n) is 4.08. The predicted molar refractivity (Wildman–Crippen MR) is 72.7 cm³/mol. The SMILES string of the molecule is CCC1CCc2nc(NC(=O)C3(N)CC3)sc2C1. The van der Waals surface area contributed by atoms with Crippen molar-refractivity contribution >= 4 is 22.4 Å². The van der Waals surface area contributed by atoms with Gasteiger partial charge in [-0.05, 0) is 38.0 Å². The van der Waals surface area contributed by atoms with Gasteiger partial charge in [0.2, 0.25) is 5.91 Å². The van der Waals surface area contributed by atoms with Gasteiger partial charge in [0.25, 0.3) is 0 Å². The van der Waals surface area contributed by atoms with Crippen LogP contribution in [0.15, 0.2) is 0 Å². The first kappa shape index (κ1) is 12.1. The molecule has 1 aromatic rings. The molecule has 1 atom stereocenters. The second-order valence-electron chi connectivity index (χ2n) is 5.52. The van der Waals surface area contributed by atoms with E-state index >= 15 is 0 Å². The predicted octanol–water partition coefficient (Wildman–Crippen LogP) is 2.09. The lowest BCUT2D eigenvalue weighted by molar-refractivity contribution is -0.118. The molecule has 0 aliphatic heterocycles. The Balaban J connectivity index is 1.71. The minimum absolute atomic E-state index is 0.0689. The maximum Gasteiger partial charge on any atom is 0.246 e. The zero-order valence-corrected chi connectivity index (χ0v) is 11.5. The van der Waals surface area contributed by atoms with Crippen molar-refractivity contribution in [2.24, 2.45) is 11.7 Å². The van der Waals surface area contributed by atoms with E-state index in [2.05, 4.69) is 17.2 Å². The number of anilines is 1. The quantitative estimate of drug-likeness (QED) is 0.879. The monoisotopic (exact) mass is 265 g/mol. The Morgan fingerprint density at radius 3 is 3.06 bits per heavy atom. The largest absolute Gasteiger partial charge is 0.317 e. The van der Waals surface area contributed by atoms with Gasteiger partial charge in [0, 0.05) is 4.88 Å². The number of nitrogens with zero attached hydrogens (tertiary/aromatic N) is 1.